The fourth-order valence-corrected chi connectivity index (χ4v) is 3.41. The van der Waals surface area contributed by atoms with Crippen LogP contribution in [0, 0.1) is 19.7 Å². The van der Waals surface area contributed by atoms with E-state index in [1.807, 2.05) is 19.9 Å². The topological polar surface area (TPSA) is 63.4 Å². The van der Waals surface area contributed by atoms with Crippen molar-refractivity contribution in [1.29, 1.82) is 0 Å². The number of halogens is 1. The van der Waals surface area contributed by atoms with Gasteiger partial charge in [0.25, 0.3) is 10.0 Å². The van der Waals surface area contributed by atoms with Crippen molar-refractivity contribution in [3.63, 3.8) is 0 Å². The molecule has 2 N–H and O–H groups in total. The first-order chi connectivity index (χ1) is 9.70. The predicted molar refractivity (Wildman–Crippen MR) is 82.3 cm³/mol. The lowest BCUT2D eigenvalue weighted by Crippen LogP contribution is -2.27. The van der Waals surface area contributed by atoms with Crippen LogP contribution < -0.4 is 10.0 Å². The second-order valence-corrected chi connectivity index (χ2v) is 7.01. The van der Waals surface area contributed by atoms with Gasteiger partial charge in [0.05, 0.1) is 10.6 Å². The van der Waals surface area contributed by atoms with Gasteiger partial charge in [0, 0.05) is 12.7 Å². The molecule has 21 heavy (non-hydrogen) atoms. The predicted octanol–water partition coefficient (Wildman–Crippen LogP) is 2.85. The van der Waals surface area contributed by atoms with Crippen LogP contribution >= 0.6 is 0 Å². The van der Waals surface area contributed by atoms with Crippen LogP contribution in [0.3, 0.4) is 0 Å². The molecule has 4 nitrogen and oxygen atoms in total. The molecule has 2 rings (SSSR count). The Labute approximate surface area is 124 Å². The van der Waals surface area contributed by atoms with Crippen LogP contribution in [-0.4, -0.2) is 15.5 Å². The minimum absolute atomic E-state index is 0.0717. The number of sulfonamides is 1. The summed E-state index contributed by atoms with van der Waals surface area (Å²) in [7, 11) is -2.42. The first-order valence-electron chi connectivity index (χ1n) is 6.33. The van der Waals surface area contributed by atoms with Gasteiger partial charge in [-0.2, -0.15) is 0 Å². The molecular formula is C15H17FN2O2S. The van der Waals surface area contributed by atoms with Gasteiger partial charge >= 0.3 is 0 Å². The highest BCUT2D eigenvalue weighted by molar-refractivity contribution is 7.92. The molecule has 2 aromatic carbocycles. The number of rotatable bonds is 3. The fraction of sp³-hybridized carbons (Fsp3) is 0.200. The molecule has 0 atom stereocenters. The van der Waals surface area contributed by atoms with Gasteiger partial charge in [0.1, 0.15) is 5.82 Å². The Morgan fingerprint density at radius 1 is 1.00 bits per heavy atom. The third kappa shape index (κ3) is 3.16. The summed E-state index contributed by atoms with van der Waals surface area (Å²) in [6.07, 6.45) is 0. The zero-order valence-corrected chi connectivity index (χ0v) is 12.9. The molecule has 0 bridgehead atoms. The summed E-state index contributed by atoms with van der Waals surface area (Å²) in [5.74, 6) is -0.678. The summed E-state index contributed by atoms with van der Waals surface area (Å²) in [5, 5.41) is 0. The van der Waals surface area contributed by atoms with E-state index in [2.05, 4.69) is 0 Å². The van der Waals surface area contributed by atoms with E-state index in [9.17, 15) is 12.8 Å². The van der Waals surface area contributed by atoms with Gasteiger partial charge in [-0.15, -0.1) is 0 Å². The first kappa shape index (κ1) is 15.3. The smallest absolute Gasteiger partial charge is 0.264 e. The number of nitrogens with two attached hydrogens (primary N) is 1. The zero-order chi connectivity index (χ0) is 15.8. The number of hydrogen-bond donors (Lipinski definition) is 1. The molecule has 112 valence electrons. The highest BCUT2D eigenvalue weighted by atomic mass is 32.2. The molecule has 0 amide bonds. The number of anilines is 2. The molecule has 0 aliphatic rings. The molecule has 0 aromatic heterocycles. The molecule has 0 saturated carbocycles. The van der Waals surface area contributed by atoms with Crippen LogP contribution in [0.25, 0.3) is 0 Å². The highest BCUT2D eigenvalue weighted by Crippen LogP contribution is 2.25. The molecule has 0 spiro atoms. The van der Waals surface area contributed by atoms with Gasteiger partial charge in [-0.3, -0.25) is 4.31 Å². The van der Waals surface area contributed by atoms with Crippen molar-refractivity contribution in [3.05, 3.63) is 53.3 Å². The number of nitrogens with zero attached hydrogens (tertiary/aromatic N) is 1. The van der Waals surface area contributed by atoms with Crippen LogP contribution in [0.2, 0.25) is 0 Å². The normalized spacial score (nSPS) is 11.4. The Balaban J connectivity index is 2.52. The first-order valence-corrected chi connectivity index (χ1v) is 7.77. The van der Waals surface area contributed by atoms with E-state index in [-0.39, 0.29) is 10.6 Å². The lowest BCUT2D eigenvalue weighted by atomic mass is 10.1. The van der Waals surface area contributed by atoms with E-state index < -0.39 is 15.8 Å². The van der Waals surface area contributed by atoms with E-state index in [4.69, 9.17) is 5.73 Å². The zero-order valence-electron chi connectivity index (χ0n) is 12.1. The summed E-state index contributed by atoms with van der Waals surface area (Å²) in [6.45, 7) is 3.77. The van der Waals surface area contributed by atoms with Crippen molar-refractivity contribution < 1.29 is 12.8 Å². The van der Waals surface area contributed by atoms with Crippen LogP contribution in [0.4, 0.5) is 15.8 Å². The average molecular weight is 308 g/mol. The van der Waals surface area contributed by atoms with Crippen LogP contribution in [0.1, 0.15) is 11.1 Å². The van der Waals surface area contributed by atoms with E-state index in [1.165, 1.54) is 13.1 Å². The summed E-state index contributed by atoms with van der Waals surface area (Å²) in [5.41, 5.74) is 8.01. The van der Waals surface area contributed by atoms with Gasteiger partial charge in [0.15, 0.2) is 0 Å². The van der Waals surface area contributed by atoms with Crippen molar-refractivity contribution in [3.8, 4) is 0 Å². The third-order valence-electron chi connectivity index (χ3n) is 3.12. The summed E-state index contributed by atoms with van der Waals surface area (Å²) in [4.78, 5) is -0.165. The molecule has 0 aliphatic carbocycles. The molecule has 0 radical (unpaired) electrons. The second kappa shape index (κ2) is 5.37. The van der Waals surface area contributed by atoms with Gasteiger partial charge in [0.2, 0.25) is 0 Å². The quantitative estimate of drug-likeness (QED) is 0.887. The Morgan fingerprint density at radius 3 is 2.10 bits per heavy atom. The lowest BCUT2D eigenvalue weighted by Gasteiger charge is -2.20. The molecule has 0 fully saturated rings. The van der Waals surface area contributed by atoms with Crippen molar-refractivity contribution in [2.75, 3.05) is 17.1 Å². The Morgan fingerprint density at radius 2 is 1.57 bits per heavy atom. The minimum atomic E-state index is -3.86. The largest absolute Gasteiger partial charge is 0.399 e. The average Bonchev–Trinajstić information content (AvgIpc) is 2.35. The maximum absolute atomic E-state index is 13.4. The molecule has 0 heterocycles. The molecule has 0 unspecified atom stereocenters. The molecule has 2 aromatic rings. The lowest BCUT2D eigenvalue weighted by molar-refractivity contribution is 0.589. The summed E-state index contributed by atoms with van der Waals surface area (Å²) in [6, 6.07) is 8.75. The minimum Gasteiger partial charge on any atom is -0.399 e. The Kier molecular flexibility index (Phi) is 3.91. The monoisotopic (exact) mass is 308 g/mol. The van der Waals surface area contributed by atoms with Crippen molar-refractivity contribution >= 4 is 21.4 Å². The van der Waals surface area contributed by atoms with Crippen LogP contribution in [0.5, 0.6) is 0 Å². The number of aryl methyl sites for hydroxylation is 2. The fourth-order valence-electron chi connectivity index (χ4n) is 2.16. The standard InChI is InChI=1S/C15H17FN2O2S/c1-10-4-11(2)6-14(5-10)18(3)21(19,20)15-8-12(16)7-13(17)9-15/h4-9H,17H2,1-3H3. The van der Waals surface area contributed by atoms with Crippen molar-refractivity contribution in [2.45, 2.75) is 18.7 Å². The highest BCUT2D eigenvalue weighted by Gasteiger charge is 2.22. The molecule has 0 saturated heterocycles. The van der Waals surface area contributed by atoms with Gasteiger partial charge in [-0.1, -0.05) is 6.07 Å². The second-order valence-electron chi connectivity index (χ2n) is 5.04. The molecule has 0 aliphatic heterocycles. The van der Waals surface area contributed by atoms with E-state index in [1.54, 1.807) is 12.1 Å². The SMILES string of the molecule is Cc1cc(C)cc(N(C)S(=O)(=O)c2cc(N)cc(F)c2)c1. The van der Waals surface area contributed by atoms with Gasteiger partial charge in [-0.25, -0.2) is 12.8 Å². The summed E-state index contributed by atoms with van der Waals surface area (Å²) < 4.78 is 39.6. The van der Waals surface area contributed by atoms with Gasteiger partial charge < -0.3 is 5.73 Å². The van der Waals surface area contributed by atoms with Gasteiger partial charge in [-0.05, 0) is 55.3 Å². The molecular weight excluding hydrogens is 291 g/mol. The van der Waals surface area contributed by atoms with Crippen LogP contribution in [-0.2, 0) is 10.0 Å². The molecule has 6 heteroatoms. The Bertz CT molecular complexity index is 748. The maximum atomic E-state index is 13.4. The van der Waals surface area contributed by atoms with Crippen LogP contribution in [0.15, 0.2) is 41.3 Å². The van der Waals surface area contributed by atoms with Crippen molar-refractivity contribution in [1.82, 2.24) is 0 Å². The number of nitrogen functional groups attached to an aromatic ring is 1. The van der Waals surface area contributed by atoms with E-state index >= 15 is 0 Å². The Hall–Kier alpha value is -2.08. The number of benzene rings is 2. The van der Waals surface area contributed by atoms with Crippen molar-refractivity contribution in [2.24, 2.45) is 0 Å². The maximum Gasteiger partial charge on any atom is 0.264 e. The van der Waals surface area contributed by atoms with E-state index in [0.717, 1.165) is 27.6 Å². The third-order valence-corrected chi connectivity index (χ3v) is 4.89. The summed E-state index contributed by atoms with van der Waals surface area (Å²) >= 11 is 0. The number of hydrogen-bond acceptors (Lipinski definition) is 3. The van der Waals surface area contributed by atoms with E-state index in [0.29, 0.717) is 5.69 Å².